The number of nitrogens with one attached hydrogen (secondary N) is 1. The molecule has 5 nitrogen and oxygen atoms in total. The first-order chi connectivity index (χ1) is 12.4. The van der Waals surface area contributed by atoms with Crippen molar-refractivity contribution in [3.05, 3.63) is 48.0 Å². The molecule has 25 heavy (non-hydrogen) atoms. The summed E-state index contributed by atoms with van der Waals surface area (Å²) < 4.78 is 2.09. The minimum absolute atomic E-state index is 0.392. The largest absolute Gasteiger partial charge is 0.304 e. The lowest BCUT2D eigenvalue weighted by atomic mass is 9.96. The van der Waals surface area contributed by atoms with Crippen molar-refractivity contribution in [1.29, 1.82) is 0 Å². The smallest absolute Gasteiger partial charge is 0.143 e. The molecule has 1 N–H and O–H groups in total. The Morgan fingerprint density at radius 2 is 2.00 bits per heavy atom. The molecule has 0 spiro atoms. The lowest BCUT2D eigenvalue weighted by Crippen LogP contribution is -2.40. The molecular weight excluding hydrogens is 310 g/mol. The number of nitrogens with zero attached hydrogens (tertiary/aromatic N) is 4. The van der Waals surface area contributed by atoms with Gasteiger partial charge in [-0.1, -0.05) is 30.3 Å². The van der Waals surface area contributed by atoms with Crippen LogP contribution in [0.3, 0.4) is 0 Å². The second-order valence-corrected chi connectivity index (χ2v) is 7.99. The van der Waals surface area contributed by atoms with Crippen LogP contribution in [0.25, 0.3) is 0 Å². The van der Waals surface area contributed by atoms with Crippen LogP contribution < -0.4 is 5.32 Å². The Morgan fingerprint density at radius 1 is 1.08 bits per heavy atom. The molecule has 0 radical (unpaired) electrons. The molecule has 2 aliphatic heterocycles. The topological polar surface area (TPSA) is 46.0 Å². The van der Waals surface area contributed by atoms with Crippen molar-refractivity contribution in [1.82, 2.24) is 25.0 Å². The van der Waals surface area contributed by atoms with Crippen LogP contribution in [0.5, 0.6) is 0 Å². The summed E-state index contributed by atoms with van der Waals surface area (Å²) in [5.74, 6) is 2.80. The van der Waals surface area contributed by atoms with Crippen LogP contribution in [0.1, 0.15) is 43.1 Å². The van der Waals surface area contributed by atoms with Crippen LogP contribution in [0.2, 0.25) is 0 Å². The molecule has 5 heteroatoms. The average molecular weight is 337 g/mol. The van der Waals surface area contributed by atoms with E-state index in [1.807, 2.05) is 0 Å². The molecule has 1 aliphatic carbocycles. The molecule has 2 aromatic rings. The normalized spacial score (nSPS) is 31.8. The summed E-state index contributed by atoms with van der Waals surface area (Å²) in [6, 6.07) is 11.9. The quantitative estimate of drug-likeness (QED) is 0.932. The van der Waals surface area contributed by atoms with Gasteiger partial charge in [0.2, 0.25) is 0 Å². The summed E-state index contributed by atoms with van der Waals surface area (Å²) in [5.41, 5.74) is 1.44. The molecule has 1 aromatic carbocycles. The van der Waals surface area contributed by atoms with E-state index in [-0.39, 0.29) is 0 Å². The number of likely N-dealkylation sites (tertiary alicyclic amines) is 1. The van der Waals surface area contributed by atoms with Crippen molar-refractivity contribution in [2.75, 3.05) is 13.1 Å². The second-order valence-electron chi connectivity index (χ2n) is 7.99. The van der Waals surface area contributed by atoms with Gasteiger partial charge in [-0.2, -0.15) is 5.10 Å². The Labute approximate surface area is 149 Å². The van der Waals surface area contributed by atoms with E-state index in [4.69, 9.17) is 0 Å². The highest BCUT2D eigenvalue weighted by Crippen LogP contribution is 2.40. The van der Waals surface area contributed by atoms with Gasteiger partial charge in [-0.05, 0) is 43.1 Å². The second kappa shape index (κ2) is 6.54. The van der Waals surface area contributed by atoms with E-state index >= 15 is 0 Å². The van der Waals surface area contributed by atoms with Crippen molar-refractivity contribution in [3.63, 3.8) is 0 Å². The molecule has 0 amide bonds. The fraction of sp³-hybridized carbons (Fsp3) is 0.600. The zero-order chi connectivity index (χ0) is 16.6. The van der Waals surface area contributed by atoms with E-state index in [2.05, 4.69) is 55.3 Å². The molecule has 0 unspecified atom stereocenters. The van der Waals surface area contributed by atoms with Crippen molar-refractivity contribution in [2.45, 2.75) is 50.9 Å². The molecule has 5 rings (SSSR count). The zero-order valence-electron chi connectivity index (χ0n) is 14.7. The Kier molecular flexibility index (Phi) is 4.06. The lowest BCUT2D eigenvalue weighted by molar-refractivity contribution is 0.266. The molecule has 3 heterocycles. The van der Waals surface area contributed by atoms with Crippen molar-refractivity contribution < 1.29 is 0 Å². The van der Waals surface area contributed by atoms with Gasteiger partial charge in [-0.25, -0.2) is 9.67 Å². The number of hydrogen-bond acceptors (Lipinski definition) is 4. The maximum atomic E-state index is 4.52. The predicted octanol–water partition coefficient (Wildman–Crippen LogP) is 2.61. The minimum atomic E-state index is 0.392. The third kappa shape index (κ3) is 3.00. The predicted molar refractivity (Wildman–Crippen MR) is 96.9 cm³/mol. The molecular formula is C20H27N5. The highest BCUT2D eigenvalue weighted by atomic mass is 15.4. The van der Waals surface area contributed by atoms with Crippen molar-refractivity contribution in [2.24, 2.45) is 11.8 Å². The number of aromatic nitrogens is 3. The first kappa shape index (κ1) is 15.5. The summed E-state index contributed by atoms with van der Waals surface area (Å²) in [6.07, 6.45) is 6.80. The van der Waals surface area contributed by atoms with Gasteiger partial charge in [-0.3, -0.25) is 4.90 Å². The van der Waals surface area contributed by atoms with Gasteiger partial charge in [0.25, 0.3) is 0 Å². The highest BCUT2D eigenvalue weighted by Gasteiger charge is 2.43. The van der Waals surface area contributed by atoms with Gasteiger partial charge < -0.3 is 5.32 Å². The Hall–Kier alpha value is -1.72. The molecule has 3 aliphatic rings. The number of rotatable bonds is 4. The van der Waals surface area contributed by atoms with Crippen LogP contribution >= 0.6 is 0 Å². The van der Waals surface area contributed by atoms with Gasteiger partial charge in [0.1, 0.15) is 12.2 Å². The number of hydrogen-bond donors (Lipinski definition) is 1. The monoisotopic (exact) mass is 337 g/mol. The van der Waals surface area contributed by atoms with Crippen LogP contribution in [0, 0.1) is 11.8 Å². The van der Waals surface area contributed by atoms with Crippen LogP contribution in [-0.2, 0) is 13.1 Å². The standard InChI is InChI=1S/C20H27N5/c1-2-5-15(6-3-1)11-24-12-16-8-9-18(17(16)13-24)23-19-7-4-10-25-20(19)21-14-22-25/h1-3,5-6,14,16-19,23H,4,7-13H2/t16-,17-,18-,19+/m0/s1. The van der Waals surface area contributed by atoms with Crippen LogP contribution in [0.15, 0.2) is 36.7 Å². The Balaban J connectivity index is 1.24. The van der Waals surface area contributed by atoms with Gasteiger partial charge in [0.05, 0.1) is 6.04 Å². The van der Waals surface area contributed by atoms with Gasteiger partial charge in [0, 0.05) is 32.2 Å². The van der Waals surface area contributed by atoms with Crippen LogP contribution in [0.4, 0.5) is 0 Å². The van der Waals surface area contributed by atoms with Crippen molar-refractivity contribution in [3.8, 4) is 0 Å². The first-order valence-electron chi connectivity index (χ1n) is 9.77. The SMILES string of the molecule is c1ccc(CN2C[C@@H]3CC[C@H](N[C@@H]4CCCn5ncnc54)[C@H]3C2)cc1. The summed E-state index contributed by atoms with van der Waals surface area (Å²) in [7, 11) is 0. The molecule has 4 atom stereocenters. The van der Waals surface area contributed by atoms with Crippen LogP contribution in [-0.4, -0.2) is 38.8 Å². The van der Waals surface area contributed by atoms with E-state index in [0.29, 0.717) is 12.1 Å². The van der Waals surface area contributed by atoms with E-state index in [1.165, 1.54) is 44.3 Å². The summed E-state index contributed by atoms with van der Waals surface area (Å²) in [4.78, 5) is 7.17. The molecule has 132 valence electrons. The first-order valence-corrected chi connectivity index (χ1v) is 9.77. The summed E-state index contributed by atoms with van der Waals surface area (Å²) >= 11 is 0. The average Bonchev–Trinajstić information content (AvgIpc) is 3.33. The maximum Gasteiger partial charge on any atom is 0.143 e. The molecule has 1 aromatic heterocycles. The third-order valence-electron chi connectivity index (χ3n) is 6.42. The molecule has 2 fully saturated rings. The van der Waals surface area contributed by atoms with Gasteiger partial charge in [-0.15, -0.1) is 0 Å². The number of fused-ring (bicyclic) bond motifs is 2. The summed E-state index contributed by atoms with van der Waals surface area (Å²) in [6.45, 7) is 4.61. The van der Waals surface area contributed by atoms with E-state index in [0.717, 1.165) is 30.7 Å². The van der Waals surface area contributed by atoms with E-state index in [1.54, 1.807) is 6.33 Å². The number of aryl methyl sites for hydroxylation is 1. The van der Waals surface area contributed by atoms with E-state index in [9.17, 15) is 0 Å². The maximum absolute atomic E-state index is 4.52. The fourth-order valence-corrected chi connectivity index (χ4v) is 5.24. The lowest BCUT2D eigenvalue weighted by Gasteiger charge is -2.29. The van der Waals surface area contributed by atoms with E-state index < -0.39 is 0 Å². The minimum Gasteiger partial charge on any atom is -0.304 e. The molecule has 1 saturated carbocycles. The Morgan fingerprint density at radius 3 is 2.92 bits per heavy atom. The summed E-state index contributed by atoms with van der Waals surface area (Å²) in [5, 5.41) is 8.33. The van der Waals surface area contributed by atoms with Gasteiger partial charge in [0.15, 0.2) is 0 Å². The molecule has 1 saturated heterocycles. The van der Waals surface area contributed by atoms with Crippen molar-refractivity contribution >= 4 is 0 Å². The number of benzene rings is 1. The third-order valence-corrected chi connectivity index (χ3v) is 6.42. The zero-order valence-corrected chi connectivity index (χ0v) is 14.7. The highest BCUT2D eigenvalue weighted by molar-refractivity contribution is 5.15. The fourth-order valence-electron chi connectivity index (χ4n) is 5.24. The van der Waals surface area contributed by atoms with Gasteiger partial charge >= 0.3 is 0 Å². The molecule has 0 bridgehead atoms. The Bertz CT molecular complexity index is 712.